The minimum Gasteiger partial charge on any atom is -0.476 e. The Morgan fingerprint density at radius 1 is 0.930 bits per heavy atom. The van der Waals surface area contributed by atoms with Crippen molar-refractivity contribution < 1.29 is 52.7 Å². The maximum Gasteiger partial charge on any atom is 0.300 e. The van der Waals surface area contributed by atoms with E-state index in [9.17, 15) is 24.8 Å². The molecule has 1 aromatic carbocycles. The van der Waals surface area contributed by atoms with Crippen LogP contribution >= 0.6 is 0 Å². The smallest absolute Gasteiger partial charge is 0.300 e. The number of hydrogen-bond acceptors (Lipinski definition) is 17. The van der Waals surface area contributed by atoms with E-state index in [-0.39, 0.29) is 66.0 Å². The molecule has 4 N–H and O–H groups in total. The fourth-order valence-electron chi connectivity index (χ4n) is 6.27. The number of nitrogens with zero attached hydrogens (tertiary/aromatic N) is 5. The minimum atomic E-state index is -1.15. The number of methoxy groups -OCH3 is 1. The van der Waals surface area contributed by atoms with Gasteiger partial charge >= 0.3 is 5.69 Å². The molecule has 2 atom stereocenters. The third-order valence-electron chi connectivity index (χ3n) is 10.1. The van der Waals surface area contributed by atoms with Gasteiger partial charge in [-0.2, -0.15) is 0 Å². The molecule has 20 nitrogen and oxygen atoms in total. The summed E-state index contributed by atoms with van der Waals surface area (Å²) in [7, 11) is 1.68. The van der Waals surface area contributed by atoms with Crippen LogP contribution < -0.4 is 25.6 Å². The number of non-ortho nitro benzene ring substituents is 1. The van der Waals surface area contributed by atoms with E-state index in [2.05, 4.69) is 40.8 Å². The van der Waals surface area contributed by atoms with Crippen LogP contribution in [0.15, 0.2) is 28.9 Å². The minimum absolute atomic E-state index is 0.0798. The van der Waals surface area contributed by atoms with Gasteiger partial charge in [-0.05, 0) is 59.6 Å². The number of anilines is 2. The average Bonchev–Trinajstić information content (AvgIpc) is 3.79. The van der Waals surface area contributed by atoms with E-state index >= 15 is 0 Å². The normalized spacial score (nSPS) is 16.7. The quantitative estimate of drug-likeness (QED) is 0.0466. The number of fused-ring (bicyclic) bond motifs is 1. The van der Waals surface area contributed by atoms with Crippen molar-refractivity contribution in [2.24, 2.45) is 11.8 Å². The van der Waals surface area contributed by atoms with Gasteiger partial charge < -0.3 is 54.4 Å². The van der Waals surface area contributed by atoms with Gasteiger partial charge in [0.2, 0.25) is 17.3 Å². The van der Waals surface area contributed by atoms with Gasteiger partial charge in [0.15, 0.2) is 5.52 Å². The molecule has 1 saturated heterocycles. The second kappa shape index (κ2) is 21.7. The number of hydrogen-bond donors (Lipinski definition) is 4. The number of nitro groups is 1. The fraction of sp³-hybridized carbons (Fsp3) is 0.649. The van der Waals surface area contributed by atoms with Gasteiger partial charge in [0.1, 0.15) is 16.9 Å². The summed E-state index contributed by atoms with van der Waals surface area (Å²) < 4.78 is 38.4. The number of amides is 2. The van der Waals surface area contributed by atoms with Crippen molar-refractivity contribution in [3.63, 3.8) is 0 Å². The van der Waals surface area contributed by atoms with Gasteiger partial charge in [0, 0.05) is 46.0 Å². The number of aliphatic hydroxyl groups is 1. The highest BCUT2D eigenvalue weighted by atomic mass is 16.6. The molecule has 0 bridgehead atoms. The lowest BCUT2D eigenvalue weighted by Crippen LogP contribution is -2.58. The Bertz CT molecular complexity index is 1750. The van der Waals surface area contributed by atoms with E-state index in [1.54, 1.807) is 19.2 Å². The van der Waals surface area contributed by atoms with Crippen LogP contribution in [0.5, 0.6) is 5.88 Å². The number of nitrogens with one attached hydrogen (secondary N) is 3. The fourth-order valence-corrected chi connectivity index (χ4v) is 6.27. The number of carbonyl (C=O) groups excluding carboxylic acids is 2. The van der Waals surface area contributed by atoms with Crippen LogP contribution in [0.1, 0.15) is 43.6 Å². The highest BCUT2D eigenvalue weighted by Crippen LogP contribution is 2.39. The van der Waals surface area contributed by atoms with Crippen LogP contribution in [0.2, 0.25) is 0 Å². The third kappa shape index (κ3) is 11.9. The van der Waals surface area contributed by atoms with Crippen LogP contribution in [-0.4, -0.2) is 148 Å². The highest BCUT2D eigenvalue weighted by molar-refractivity contribution is 5.98. The number of carbonyl (C=O) groups is 2. The van der Waals surface area contributed by atoms with Crippen LogP contribution in [-0.2, 0) is 28.5 Å². The molecular formula is C37H54N8O12. The second-order valence-electron chi connectivity index (χ2n) is 13.8. The average molecular weight is 803 g/mol. The van der Waals surface area contributed by atoms with Gasteiger partial charge in [-0.3, -0.25) is 19.7 Å². The molecule has 2 aliphatic rings. The Kier molecular flexibility index (Phi) is 16.5. The van der Waals surface area contributed by atoms with Gasteiger partial charge in [-0.1, -0.05) is 13.8 Å². The standard InChI is InChI=1S/C37H54N8O12/c1-4-37(5-2,41-34(47)29-7-9-31(44-21-27(22-44)51-3)35(40-29)56-24-26-20-25(26)23-46)36(48)39-11-13-53-15-17-55-19-18-54-16-14-52-12-10-38-28-6-8-30(45(49)50)33-32(28)42-57-43-33/h6-9,25-27,38,46H,4-5,10-24H2,1-3H3,(H,39,48)(H,41,47)/t25-,26-/m1/s1. The predicted molar refractivity (Wildman–Crippen MR) is 205 cm³/mol. The van der Waals surface area contributed by atoms with Crippen LogP contribution in [0.3, 0.4) is 0 Å². The van der Waals surface area contributed by atoms with E-state index in [4.69, 9.17) is 28.4 Å². The molecule has 5 rings (SSSR count). The Hall–Kier alpha value is -4.73. The first-order valence-electron chi connectivity index (χ1n) is 19.3. The number of pyridine rings is 1. The maximum absolute atomic E-state index is 13.5. The summed E-state index contributed by atoms with van der Waals surface area (Å²) >= 11 is 0. The maximum atomic E-state index is 13.5. The first-order chi connectivity index (χ1) is 27.7. The molecule has 1 aliphatic carbocycles. The number of aliphatic hydroxyl groups excluding tert-OH is 1. The number of ether oxygens (including phenoxy) is 6. The Morgan fingerprint density at radius 3 is 2.19 bits per heavy atom. The molecule has 2 amide bonds. The lowest BCUT2D eigenvalue weighted by molar-refractivity contribution is -0.383. The SMILES string of the molecule is CCC(CC)(NC(=O)c1ccc(N2CC(OC)C2)c(OC[C@H]2C[C@@H]2CO)n1)C(=O)NCCOCCOCCOCCOCCNc1ccc([N+](=O)[O-])c2nonc12. The molecule has 20 heteroatoms. The third-order valence-corrected chi connectivity index (χ3v) is 10.1. The molecule has 57 heavy (non-hydrogen) atoms. The van der Waals surface area contributed by atoms with E-state index in [1.807, 2.05) is 19.9 Å². The first kappa shape index (κ1) is 43.4. The zero-order valence-electron chi connectivity index (χ0n) is 32.7. The summed E-state index contributed by atoms with van der Waals surface area (Å²) in [6.07, 6.45) is 1.75. The lowest BCUT2D eigenvalue weighted by atomic mass is 9.91. The molecule has 2 aromatic heterocycles. The monoisotopic (exact) mass is 802 g/mol. The molecule has 2 fully saturated rings. The van der Waals surface area contributed by atoms with Crippen LogP contribution in [0, 0.1) is 22.0 Å². The van der Waals surface area contributed by atoms with Crippen LogP contribution in [0.4, 0.5) is 17.1 Å². The summed E-state index contributed by atoms with van der Waals surface area (Å²) in [5, 5.41) is 36.8. The zero-order valence-corrected chi connectivity index (χ0v) is 32.7. The largest absolute Gasteiger partial charge is 0.476 e. The molecule has 0 spiro atoms. The van der Waals surface area contributed by atoms with E-state index in [1.165, 1.54) is 6.07 Å². The van der Waals surface area contributed by atoms with Gasteiger partial charge in [0.25, 0.3) is 5.91 Å². The molecule has 3 heterocycles. The molecule has 314 valence electrons. The molecule has 0 unspecified atom stereocenters. The van der Waals surface area contributed by atoms with Crippen molar-refractivity contribution in [2.75, 3.05) is 110 Å². The number of rotatable bonds is 28. The molecular weight excluding hydrogens is 748 g/mol. The summed E-state index contributed by atoms with van der Waals surface area (Å²) in [6.45, 7) is 9.13. The van der Waals surface area contributed by atoms with Gasteiger partial charge in [-0.15, -0.1) is 0 Å². The van der Waals surface area contributed by atoms with Crippen molar-refractivity contribution in [3.05, 3.63) is 40.1 Å². The number of nitro benzene ring substituents is 1. The van der Waals surface area contributed by atoms with Crippen molar-refractivity contribution in [2.45, 2.75) is 44.8 Å². The Labute approximate surface area is 330 Å². The van der Waals surface area contributed by atoms with E-state index in [0.717, 1.165) is 12.1 Å². The van der Waals surface area contributed by atoms with Crippen molar-refractivity contribution >= 4 is 39.9 Å². The lowest BCUT2D eigenvalue weighted by Gasteiger charge is -2.40. The molecule has 1 saturated carbocycles. The summed E-state index contributed by atoms with van der Waals surface area (Å²) in [5.41, 5.74) is 0.515. The number of aromatic nitrogens is 3. The second-order valence-corrected chi connectivity index (χ2v) is 13.8. The molecule has 1 aliphatic heterocycles. The van der Waals surface area contributed by atoms with Crippen LogP contribution in [0.25, 0.3) is 11.0 Å². The highest BCUT2D eigenvalue weighted by Gasteiger charge is 2.39. The molecule has 3 aromatic rings. The predicted octanol–water partition coefficient (Wildman–Crippen LogP) is 1.95. The topological polar surface area (TPSA) is 244 Å². The Balaban J connectivity index is 0.917. The van der Waals surface area contributed by atoms with Crippen molar-refractivity contribution in [1.29, 1.82) is 0 Å². The summed E-state index contributed by atoms with van der Waals surface area (Å²) in [4.78, 5) is 44.1. The van der Waals surface area contributed by atoms with Crippen molar-refractivity contribution in [1.82, 2.24) is 25.9 Å². The number of benzene rings is 1. The Morgan fingerprint density at radius 2 is 1.58 bits per heavy atom. The summed E-state index contributed by atoms with van der Waals surface area (Å²) in [6, 6.07) is 6.35. The summed E-state index contributed by atoms with van der Waals surface area (Å²) in [5.74, 6) is 0.0464. The van der Waals surface area contributed by atoms with Gasteiger partial charge in [0.05, 0.1) is 76.2 Å². The van der Waals surface area contributed by atoms with E-state index in [0.29, 0.717) is 96.9 Å². The van der Waals surface area contributed by atoms with Gasteiger partial charge in [-0.25, -0.2) is 9.61 Å². The first-order valence-corrected chi connectivity index (χ1v) is 19.3. The zero-order chi connectivity index (χ0) is 40.6. The molecule has 0 radical (unpaired) electrons. The van der Waals surface area contributed by atoms with Crippen molar-refractivity contribution in [3.8, 4) is 5.88 Å². The van der Waals surface area contributed by atoms with E-state index < -0.39 is 16.4 Å².